The van der Waals surface area contributed by atoms with E-state index in [4.69, 9.17) is 23.2 Å². The third-order valence-electron chi connectivity index (χ3n) is 5.32. The van der Waals surface area contributed by atoms with E-state index in [-0.39, 0.29) is 11.9 Å². The molecular weight excluding hydrogens is 395 g/mol. The van der Waals surface area contributed by atoms with Crippen molar-refractivity contribution in [1.82, 2.24) is 20.0 Å². The molecule has 2 heterocycles. The molecule has 1 fully saturated rings. The minimum atomic E-state index is -0.139. The maximum atomic E-state index is 12.9. The van der Waals surface area contributed by atoms with Crippen LogP contribution in [0, 0.1) is 6.92 Å². The number of aryl methyl sites for hydroxylation is 1. The van der Waals surface area contributed by atoms with Gasteiger partial charge in [-0.1, -0.05) is 54.7 Å². The summed E-state index contributed by atoms with van der Waals surface area (Å²) in [7, 11) is 0. The lowest BCUT2D eigenvalue weighted by atomic mass is 10.0. The standard InChI is InChI=1S/C21H28Cl2N4O/c1-3-4-11-26-12-9-17(10-13-26)24-21(28)19-15(2)25-27(20(19)23)14-16-7-5-6-8-18(16)22/h5-8,17H,3-4,9-14H2,1-2H3,(H,24,28). The van der Waals surface area contributed by atoms with Crippen LogP contribution in [-0.4, -0.2) is 46.3 Å². The number of carbonyl (C=O) groups excluding carboxylic acids is 1. The number of amides is 1. The Labute approximate surface area is 177 Å². The number of benzene rings is 1. The summed E-state index contributed by atoms with van der Waals surface area (Å²) in [4.78, 5) is 15.3. The van der Waals surface area contributed by atoms with Gasteiger partial charge in [0.15, 0.2) is 0 Å². The zero-order valence-corrected chi connectivity index (χ0v) is 18.1. The number of nitrogens with one attached hydrogen (secondary N) is 1. The Morgan fingerprint density at radius 3 is 2.64 bits per heavy atom. The molecule has 0 spiro atoms. The third kappa shape index (κ3) is 5.07. The van der Waals surface area contributed by atoms with Gasteiger partial charge >= 0.3 is 0 Å². The largest absolute Gasteiger partial charge is 0.349 e. The summed E-state index contributed by atoms with van der Waals surface area (Å²) >= 11 is 12.8. The first-order valence-electron chi connectivity index (χ1n) is 9.99. The Balaban J connectivity index is 1.63. The number of hydrogen-bond acceptors (Lipinski definition) is 3. The molecule has 1 aliphatic rings. The van der Waals surface area contributed by atoms with E-state index in [1.165, 1.54) is 12.8 Å². The molecule has 1 aliphatic heterocycles. The average Bonchev–Trinajstić information content (AvgIpc) is 2.96. The Bertz CT molecular complexity index is 813. The van der Waals surface area contributed by atoms with Gasteiger partial charge in [-0.05, 0) is 44.4 Å². The Kier molecular flexibility index (Phi) is 7.38. The predicted molar refractivity (Wildman–Crippen MR) is 114 cm³/mol. The van der Waals surface area contributed by atoms with Crippen molar-refractivity contribution in [2.45, 2.75) is 52.1 Å². The SMILES string of the molecule is CCCCN1CCC(NC(=O)c2c(C)nn(Cc3ccccc3Cl)c2Cl)CC1. The molecule has 0 bridgehead atoms. The number of halogens is 2. The highest BCUT2D eigenvalue weighted by molar-refractivity contribution is 6.33. The van der Waals surface area contributed by atoms with Gasteiger partial charge in [0.1, 0.15) is 5.15 Å². The van der Waals surface area contributed by atoms with E-state index >= 15 is 0 Å². The van der Waals surface area contributed by atoms with Crippen LogP contribution in [0.5, 0.6) is 0 Å². The first-order valence-corrected chi connectivity index (χ1v) is 10.7. The van der Waals surface area contributed by atoms with Crippen LogP contribution >= 0.6 is 23.2 Å². The fourth-order valence-corrected chi connectivity index (χ4v) is 4.16. The third-order valence-corrected chi connectivity index (χ3v) is 6.07. The molecule has 3 rings (SSSR count). The maximum absolute atomic E-state index is 12.9. The molecule has 0 saturated carbocycles. The summed E-state index contributed by atoms with van der Waals surface area (Å²) in [5, 5.41) is 8.63. The van der Waals surface area contributed by atoms with Crippen molar-refractivity contribution in [1.29, 1.82) is 0 Å². The molecule has 0 unspecified atom stereocenters. The van der Waals surface area contributed by atoms with Crippen molar-refractivity contribution < 1.29 is 4.79 Å². The van der Waals surface area contributed by atoms with Gasteiger partial charge in [0.05, 0.1) is 17.8 Å². The van der Waals surface area contributed by atoms with Crippen LogP contribution in [0.15, 0.2) is 24.3 Å². The molecule has 1 saturated heterocycles. The second-order valence-electron chi connectivity index (χ2n) is 7.44. The van der Waals surface area contributed by atoms with Crippen LogP contribution in [0.3, 0.4) is 0 Å². The number of rotatable bonds is 7. The maximum Gasteiger partial charge on any atom is 0.256 e. The van der Waals surface area contributed by atoms with Crippen molar-refractivity contribution >= 4 is 29.1 Å². The summed E-state index contributed by atoms with van der Waals surface area (Å²) in [5.74, 6) is -0.139. The minimum Gasteiger partial charge on any atom is -0.349 e. The summed E-state index contributed by atoms with van der Waals surface area (Å²) < 4.78 is 1.64. The van der Waals surface area contributed by atoms with E-state index in [0.717, 1.165) is 38.0 Å². The molecule has 0 radical (unpaired) electrons. The molecular formula is C21H28Cl2N4O. The van der Waals surface area contributed by atoms with Crippen LogP contribution in [-0.2, 0) is 6.54 Å². The lowest BCUT2D eigenvalue weighted by Gasteiger charge is -2.32. The van der Waals surface area contributed by atoms with Crippen LogP contribution in [0.4, 0.5) is 0 Å². The molecule has 5 nitrogen and oxygen atoms in total. The quantitative estimate of drug-likeness (QED) is 0.712. The molecule has 7 heteroatoms. The fourth-order valence-electron chi connectivity index (χ4n) is 3.64. The summed E-state index contributed by atoms with van der Waals surface area (Å²) in [6, 6.07) is 7.76. The van der Waals surface area contributed by atoms with Gasteiger partial charge in [-0.3, -0.25) is 4.79 Å². The lowest BCUT2D eigenvalue weighted by Crippen LogP contribution is -2.45. The predicted octanol–water partition coefficient (Wildman–Crippen LogP) is 4.54. The summed E-state index contributed by atoms with van der Waals surface area (Å²) in [5.41, 5.74) is 2.01. The molecule has 1 amide bonds. The van der Waals surface area contributed by atoms with Crippen molar-refractivity contribution in [2.24, 2.45) is 0 Å². The second kappa shape index (κ2) is 9.77. The van der Waals surface area contributed by atoms with E-state index in [1.54, 1.807) is 4.68 Å². The number of likely N-dealkylation sites (tertiary alicyclic amines) is 1. The summed E-state index contributed by atoms with van der Waals surface area (Å²) in [6.07, 6.45) is 4.39. The Hall–Kier alpha value is -1.56. The second-order valence-corrected chi connectivity index (χ2v) is 8.21. The molecule has 28 heavy (non-hydrogen) atoms. The van der Waals surface area contributed by atoms with Crippen LogP contribution in [0.25, 0.3) is 0 Å². The normalized spacial score (nSPS) is 15.7. The van der Waals surface area contributed by atoms with Crippen molar-refractivity contribution in [2.75, 3.05) is 19.6 Å². The number of hydrogen-bond donors (Lipinski definition) is 1. The zero-order chi connectivity index (χ0) is 20.1. The highest BCUT2D eigenvalue weighted by Gasteiger charge is 2.25. The highest BCUT2D eigenvalue weighted by Crippen LogP contribution is 2.24. The van der Waals surface area contributed by atoms with Gasteiger partial charge in [0.2, 0.25) is 0 Å². The van der Waals surface area contributed by atoms with E-state index < -0.39 is 0 Å². The van der Waals surface area contributed by atoms with Crippen LogP contribution in [0.1, 0.15) is 54.2 Å². The van der Waals surface area contributed by atoms with Gasteiger partial charge in [0, 0.05) is 24.2 Å². The number of piperidine rings is 1. The molecule has 0 aliphatic carbocycles. The first-order chi connectivity index (χ1) is 13.5. The van der Waals surface area contributed by atoms with Crippen molar-refractivity contribution in [3.05, 3.63) is 51.3 Å². The van der Waals surface area contributed by atoms with E-state index in [2.05, 4.69) is 22.2 Å². The Morgan fingerprint density at radius 2 is 1.96 bits per heavy atom. The van der Waals surface area contributed by atoms with Gasteiger partial charge < -0.3 is 10.2 Å². The van der Waals surface area contributed by atoms with Gasteiger partial charge in [0.25, 0.3) is 5.91 Å². The van der Waals surface area contributed by atoms with Crippen molar-refractivity contribution in [3.8, 4) is 0 Å². The molecule has 1 aromatic carbocycles. The minimum absolute atomic E-state index is 0.139. The summed E-state index contributed by atoms with van der Waals surface area (Å²) in [6.45, 7) is 7.68. The van der Waals surface area contributed by atoms with E-state index in [1.807, 2.05) is 31.2 Å². The molecule has 0 atom stereocenters. The molecule has 2 aromatic rings. The molecule has 152 valence electrons. The van der Waals surface area contributed by atoms with Gasteiger partial charge in [-0.25, -0.2) is 4.68 Å². The molecule has 1 N–H and O–H groups in total. The Morgan fingerprint density at radius 1 is 1.25 bits per heavy atom. The van der Waals surface area contributed by atoms with Crippen molar-refractivity contribution in [3.63, 3.8) is 0 Å². The van der Waals surface area contributed by atoms with E-state index in [0.29, 0.717) is 28.0 Å². The molecule has 1 aromatic heterocycles. The lowest BCUT2D eigenvalue weighted by molar-refractivity contribution is 0.0910. The number of aromatic nitrogens is 2. The van der Waals surface area contributed by atoms with Crippen LogP contribution < -0.4 is 5.32 Å². The number of carbonyl (C=O) groups is 1. The highest BCUT2D eigenvalue weighted by atomic mass is 35.5. The zero-order valence-electron chi connectivity index (χ0n) is 16.5. The average molecular weight is 423 g/mol. The smallest absolute Gasteiger partial charge is 0.256 e. The number of unbranched alkanes of at least 4 members (excludes halogenated alkanes) is 1. The first kappa shape index (κ1) is 21.2. The van der Waals surface area contributed by atoms with Gasteiger partial charge in [-0.2, -0.15) is 5.10 Å². The van der Waals surface area contributed by atoms with Gasteiger partial charge in [-0.15, -0.1) is 0 Å². The number of nitrogens with zero attached hydrogens (tertiary/aromatic N) is 3. The van der Waals surface area contributed by atoms with Crippen LogP contribution in [0.2, 0.25) is 10.2 Å². The fraction of sp³-hybridized carbons (Fsp3) is 0.524. The van der Waals surface area contributed by atoms with E-state index in [9.17, 15) is 4.79 Å². The monoisotopic (exact) mass is 422 g/mol. The topological polar surface area (TPSA) is 50.2 Å².